The average Bonchev–Trinajstić information content (AvgIpc) is 3.13. The Morgan fingerprint density at radius 1 is 1.30 bits per heavy atom. The lowest BCUT2D eigenvalue weighted by Gasteiger charge is -2.10. The number of aromatic amines is 1. The summed E-state index contributed by atoms with van der Waals surface area (Å²) in [5, 5.41) is 11.1. The second-order valence-electron chi connectivity index (χ2n) is 5.39. The van der Waals surface area contributed by atoms with Crippen LogP contribution in [-0.4, -0.2) is 26.7 Å². The summed E-state index contributed by atoms with van der Waals surface area (Å²) in [6.07, 6.45) is 9.82. The highest BCUT2D eigenvalue weighted by atomic mass is 15.3. The molecule has 0 amide bonds. The van der Waals surface area contributed by atoms with Gasteiger partial charge in [-0.25, -0.2) is 5.84 Å². The van der Waals surface area contributed by atoms with E-state index in [1.807, 2.05) is 0 Å². The first-order valence-corrected chi connectivity index (χ1v) is 7.28. The van der Waals surface area contributed by atoms with Gasteiger partial charge in [-0.1, -0.05) is 25.7 Å². The number of nitrogens with two attached hydrogens (primary N) is 1. The van der Waals surface area contributed by atoms with E-state index in [2.05, 4.69) is 30.9 Å². The number of hydrogen-bond donors (Lipinski definition) is 4. The maximum Gasteiger partial charge on any atom is 0.241 e. The lowest BCUT2D eigenvalue weighted by molar-refractivity contribution is 0.491. The predicted octanol–water partition coefficient (Wildman–Crippen LogP) is 2.02. The molecule has 2 aromatic heterocycles. The van der Waals surface area contributed by atoms with Crippen molar-refractivity contribution in [3.63, 3.8) is 0 Å². The van der Waals surface area contributed by atoms with Crippen molar-refractivity contribution in [2.24, 2.45) is 11.8 Å². The van der Waals surface area contributed by atoms with Gasteiger partial charge < -0.3 is 5.32 Å². The van der Waals surface area contributed by atoms with Gasteiger partial charge in [0.15, 0.2) is 5.65 Å². The van der Waals surface area contributed by atoms with Crippen LogP contribution in [-0.2, 0) is 0 Å². The molecule has 1 aliphatic carbocycles. The molecule has 7 nitrogen and oxygen atoms in total. The summed E-state index contributed by atoms with van der Waals surface area (Å²) >= 11 is 0. The summed E-state index contributed by atoms with van der Waals surface area (Å²) in [6.45, 7) is 0.914. The Hall–Kier alpha value is -1.89. The Labute approximate surface area is 117 Å². The highest BCUT2D eigenvalue weighted by Crippen LogP contribution is 2.28. The number of hydrazine groups is 1. The molecule has 1 aliphatic rings. The standard InChI is InChI=1S/C13H21N7/c14-19-13-17-11(10-8-16-20-12(10)18-13)15-7-3-6-9-4-1-2-5-9/h8-9H,1-7,14H2,(H3,15,16,17,18,19,20). The molecule has 0 aliphatic heterocycles. The summed E-state index contributed by atoms with van der Waals surface area (Å²) < 4.78 is 0. The number of fused-ring (bicyclic) bond motifs is 1. The molecule has 7 heteroatoms. The largest absolute Gasteiger partial charge is 0.369 e. The summed E-state index contributed by atoms with van der Waals surface area (Å²) in [5.74, 6) is 7.48. The van der Waals surface area contributed by atoms with Crippen molar-refractivity contribution in [1.82, 2.24) is 20.2 Å². The molecule has 0 saturated heterocycles. The zero-order valence-electron chi connectivity index (χ0n) is 11.5. The zero-order chi connectivity index (χ0) is 13.8. The lowest BCUT2D eigenvalue weighted by atomic mass is 10.0. The summed E-state index contributed by atoms with van der Waals surface area (Å²) in [6, 6.07) is 0. The molecule has 0 unspecified atom stereocenters. The number of rotatable bonds is 6. The third-order valence-electron chi connectivity index (χ3n) is 4.00. The van der Waals surface area contributed by atoms with Crippen molar-refractivity contribution in [2.75, 3.05) is 17.3 Å². The fourth-order valence-corrected chi connectivity index (χ4v) is 2.93. The van der Waals surface area contributed by atoms with Crippen molar-refractivity contribution >= 4 is 22.8 Å². The Kier molecular flexibility index (Phi) is 3.96. The minimum atomic E-state index is 0.389. The van der Waals surface area contributed by atoms with Crippen LogP contribution in [0.4, 0.5) is 11.8 Å². The van der Waals surface area contributed by atoms with E-state index in [1.165, 1.54) is 38.5 Å². The molecule has 20 heavy (non-hydrogen) atoms. The van der Waals surface area contributed by atoms with Crippen LogP contribution in [0.3, 0.4) is 0 Å². The molecule has 5 N–H and O–H groups in total. The van der Waals surface area contributed by atoms with Crippen LogP contribution in [0.5, 0.6) is 0 Å². The van der Waals surface area contributed by atoms with Gasteiger partial charge in [-0.2, -0.15) is 15.1 Å². The first-order valence-electron chi connectivity index (χ1n) is 7.28. The minimum Gasteiger partial charge on any atom is -0.369 e. The van der Waals surface area contributed by atoms with Gasteiger partial charge in [0.25, 0.3) is 0 Å². The number of nitrogen functional groups attached to an aromatic ring is 1. The van der Waals surface area contributed by atoms with Crippen molar-refractivity contribution in [2.45, 2.75) is 38.5 Å². The molecule has 1 saturated carbocycles. The molecule has 2 heterocycles. The third kappa shape index (κ3) is 2.82. The van der Waals surface area contributed by atoms with E-state index in [4.69, 9.17) is 5.84 Å². The second-order valence-corrected chi connectivity index (χ2v) is 5.39. The van der Waals surface area contributed by atoms with E-state index in [9.17, 15) is 0 Å². The molecule has 0 radical (unpaired) electrons. The number of aromatic nitrogens is 4. The minimum absolute atomic E-state index is 0.389. The van der Waals surface area contributed by atoms with E-state index in [0.29, 0.717) is 11.6 Å². The monoisotopic (exact) mass is 275 g/mol. The number of nitrogens with one attached hydrogen (secondary N) is 3. The van der Waals surface area contributed by atoms with E-state index in [1.54, 1.807) is 6.20 Å². The molecule has 0 bridgehead atoms. The van der Waals surface area contributed by atoms with E-state index < -0.39 is 0 Å². The van der Waals surface area contributed by atoms with Crippen LogP contribution >= 0.6 is 0 Å². The Morgan fingerprint density at radius 2 is 2.15 bits per heavy atom. The van der Waals surface area contributed by atoms with E-state index in [-0.39, 0.29) is 0 Å². The first kappa shape index (κ1) is 13.1. The summed E-state index contributed by atoms with van der Waals surface area (Å²) in [5.41, 5.74) is 3.16. The molecule has 3 rings (SSSR count). The molecule has 108 valence electrons. The van der Waals surface area contributed by atoms with Gasteiger partial charge in [0.1, 0.15) is 5.82 Å². The first-order chi connectivity index (χ1) is 9.86. The normalized spacial score (nSPS) is 15.8. The maximum atomic E-state index is 5.38. The summed E-state index contributed by atoms with van der Waals surface area (Å²) in [4.78, 5) is 8.54. The second kappa shape index (κ2) is 6.04. The van der Waals surface area contributed by atoms with Gasteiger partial charge in [0, 0.05) is 6.54 Å². The number of nitrogens with zero attached hydrogens (tertiary/aromatic N) is 3. The van der Waals surface area contributed by atoms with Crippen molar-refractivity contribution in [1.29, 1.82) is 0 Å². The van der Waals surface area contributed by atoms with E-state index >= 15 is 0 Å². The lowest BCUT2D eigenvalue weighted by Crippen LogP contribution is -2.13. The smallest absolute Gasteiger partial charge is 0.241 e. The van der Waals surface area contributed by atoms with Crippen LogP contribution in [0.25, 0.3) is 11.0 Å². The number of H-pyrrole nitrogens is 1. The number of hydrogen-bond acceptors (Lipinski definition) is 6. The zero-order valence-corrected chi connectivity index (χ0v) is 11.5. The Bertz CT molecular complexity index is 559. The highest BCUT2D eigenvalue weighted by Gasteiger charge is 2.14. The topological polar surface area (TPSA) is 105 Å². The van der Waals surface area contributed by atoms with Crippen LogP contribution in [0.2, 0.25) is 0 Å². The third-order valence-corrected chi connectivity index (χ3v) is 4.00. The molecule has 0 spiro atoms. The quantitative estimate of drug-likeness (QED) is 0.365. The molecule has 2 aromatic rings. The van der Waals surface area contributed by atoms with Crippen molar-refractivity contribution < 1.29 is 0 Å². The van der Waals surface area contributed by atoms with Gasteiger partial charge in [-0.05, 0) is 18.8 Å². The molecule has 0 aromatic carbocycles. The Balaban J connectivity index is 1.59. The SMILES string of the molecule is NNc1nc(NCCCC2CCCC2)c2cn[nH]c2n1. The van der Waals surface area contributed by atoms with Gasteiger partial charge in [0.05, 0.1) is 11.6 Å². The van der Waals surface area contributed by atoms with Gasteiger partial charge in [-0.15, -0.1) is 0 Å². The molecule has 1 fully saturated rings. The highest BCUT2D eigenvalue weighted by molar-refractivity contribution is 5.86. The summed E-state index contributed by atoms with van der Waals surface area (Å²) in [7, 11) is 0. The Morgan fingerprint density at radius 3 is 2.95 bits per heavy atom. The van der Waals surface area contributed by atoms with Crippen molar-refractivity contribution in [3.05, 3.63) is 6.20 Å². The fraction of sp³-hybridized carbons (Fsp3) is 0.615. The predicted molar refractivity (Wildman–Crippen MR) is 79.2 cm³/mol. The molecule has 0 atom stereocenters. The number of anilines is 2. The van der Waals surface area contributed by atoms with Gasteiger partial charge in [-0.3, -0.25) is 10.5 Å². The van der Waals surface area contributed by atoms with Gasteiger partial charge in [0.2, 0.25) is 5.95 Å². The van der Waals surface area contributed by atoms with Crippen LogP contribution in [0.1, 0.15) is 38.5 Å². The molecular weight excluding hydrogens is 254 g/mol. The van der Waals surface area contributed by atoms with Crippen molar-refractivity contribution in [3.8, 4) is 0 Å². The van der Waals surface area contributed by atoms with Crippen LogP contribution < -0.4 is 16.6 Å². The van der Waals surface area contributed by atoms with E-state index in [0.717, 1.165) is 23.7 Å². The average molecular weight is 275 g/mol. The van der Waals surface area contributed by atoms with Crippen LogP contribution in [0.15, 0.2) is 6.20 Å². The fourth-order valence-electron chi connectivity index (χ4n) is 2.93. The van der Waals surface area contributed by atoms with Gasteiger partial charge >= 0.3 is 0 Å². The molecular formula is C13H21N7. The van der Waals surface area contributed by atoms with Crippen LogP contribution in [0, 0.1) is 5.92 Å². The maximum absolute atomic E-state index is 5.38.